The van der Waals surface area contributed by atoms with Gasteiger partial charge in [-0.05, 0) is 65.7 Å². The Morgan fingerprint density at radius 2 is 1.82 bits per heavy atom. The van der Waals surface area contributed by atoms with Crippen LogP contribution in [0.15, 0.2) is 29.4 Å². The van der Waals surface area contributed by atoms with Crippen molar-refractivity contribution in [3.05, 3.63) is 52.6 Å². The number of piperidine rings is 1. The minimum absolute atomic E-state index is 0.0241. The second-order valence-corrected chi connectivity index (χ2v) is 9.25. The van der Waals surface area contributed by atoms with Gasteiger partial charge in [-0.15, -0.1) is 0 Å². The first kappa shape index (κ1) is 25.5. The lowest BCUT2D eigenvalue weighted by Gasteiger charge is -2.33. The summed E-state index contributed by atoms with van der Waals surface area (Å²) in [5, 5.41) is 3.91. The molecule has 0 unspecified atom stereocenters. The Balaban J connectivity index is 1.74. The van der Waals surface area contributed by atoms with E-state index in [1.54, 1.807) is 11.8 Å². The highest BCUT2D eigenvalue weighted by atomic mass is 19.4. The Bertz CT molecular complexity index is 1060. The Hall–Kier alpha value is -3.17. The predicted molar refractivity (Wildman–Crippen MR) is 121 cm³/mol. The zero-order valence-corrected chi connectivity index (χ0v) is 19.9. The van der Waals surface area contributed by atoms with Gasteiger partial charge in [-0.25, -0.2) is 14.8 Å². The lowest BCUT2D eigenvalue weighted by atomic mass is 9.90. The minimum atomic E-state index is -4.47. The number of likely N-dealkylation sites (tertiary alicyclic amines) is 1. The number of hydrogen-bond donors (Lipinski definition) is 0. The molecule has 3 rings (SSSR count). The molecule has 0 atom stereocenters. The Kier molecular flexibility index (Phi) is 7.48. The second-order valence-electron chi connectivity index (χ2n) is 9.25. The molecule has 0 N–H and O–H groups in total. The SMILES string of the molecule is Cc1nc(C)c(C=NOc2cccc(C(F)(F)F)c2)c(C2CCN(C(=O)OC(C)(C)C)CC2)n1. The van der Waals surface area contributed by atoms with Crippen LogP contribution >= 0.6 is 0 Å². The van der Waals surface area contributed by atoms with Crippen molar-refractivity contribution in [2.45, 2.75) is 65.2 Å². The van der Waals surface area contributed by atoms with Gasteiger partial charge in [-0.1, -0.05) is 11.2 Å². The molecule has 0 saturated carbocycles. The molecule has 184 valence electrons. The van der Waals surface area contributed by atoms with E-state index in [1.165, 1.54) is 18.3 Å². The van der Waals surface area contributed by atoms with Crippen molar-refractivity contribution >= 4 is 12.3 Å². The van der Waals surface area contributed by atoms with Crippen LogP contribution in [0.4, 0.5) is 18.0 Å². The van der Waals surface area contributed by atoms with E-state index in [0.717, 1.165) is 17.8 Å². The number of halogens is 3. The molecule has 1 aromatic carbocycles. The fourth-order valence-corrected chi connectivity index (χ4v) is 3.75. The molecule has 0 radical (unpaired) electrons. The van der Waals surface area contributed by atoms with Gasteiger partial charge in [0, 0.05) is 24.6 Å². The summed E-state index contributed by atoms with van der Waals surface area (Å²) < 4.78 is 44.2. The summed E-state index contributed by atoms with van der Waals surface area (Å²) >= 11 is 0. The van der Waals surface area contributed by atoms with Crippen LogP contribution in [0.2, 0.25) is 0 Å². The molecule has 10 heteroatoms. The lowest BCUT2D eigenvalue weighted by molar-refractivity contribution is -0.137. The number of oxime groups is 1. The van der Waals surface area contributed by atoms with Crippen LogP contribution in [0.5, 0.6) is 5.75 Å². The predicted octanol–water partition coefficient (Wildman–Crippen LogP) is 5.64. The summed E-state index contributed by atoms with van der Waals surface area (Å²) in [6, 6.07) is 4.52. The van der Waals surface area contributed by atoms with Crippen molar-refractivity contribution in [1.82, 2.24) is 14.9 Å². The number of carbonyl (C=O) groups is 1. The van der Waals surface area contributed by atoms with Crippen molar-refractivity contribution in [2.75, 3.05) is 13.1 Å². The van der Waals surface area contributed by atoms with Crippen LogP contribution in [-0.4, -0.2) is 45.9 Å². The number of ether oxygens (including phenoxy) is 1. The fraction of sp³-hybridized carbons (Fsp3) is 0.500. The molecule has 0 bridgehead atoms. The van der Waals surface area contributed by atoms with E-state index in [-0.39, 0.29) is 17.8 Å². The van der Waals surface area contributed by atoms with E-state index in [4.69, 9.17) is 9.57 Å². The van der Waals surface area contributed by atoms with Gasteiger partial charge in [0.15, 0.2) is 5.75 Å². The smallest absolute Gasteiger partial charge is 0.416 e. The molecular formula is C24H29F3N4O3. The summed E-state index contributed by atoms with van der Waals surface area (Å²) in [5.41, 5.74) is 0.761. The molecule has 1 aliphatic heterocycles. The first-order chi connectivity index (χ1) is 15.8. The normalized spacial score (nSPS) is 15.6. The Morgan fingerprint density at radius 1 is 1.15 bits per heavy atom. The van der Waals surface area contributed by atoms with Crippen molar-refractivity contribution in [3.8, 4) is 5.75 Å². The molecule has 1 amide bonds. The molecule has 34 heavy (non-hydrogen) atoms. The summed E-state index contributed by atoms with van der Waals surface area (Å²) in [4.78, 5) is 28.3. The topological polar surface area (TPSA) is 76.9 Å². The average Bonchev–Trinajstić information content (AvgIpc) is 2.73. The number of aromatic nitrogens is 2. The van der Waals surface area contributed by atoms with Gasteiger partial charge in [0.05, 0.1) is 23.2 Å². The monoisotopic (exact) mass is 478 g/mol. The number of aryl methyl sites for hydroxylation is 2. The van der Waals surface area contributed by atoms with Crippen LogP contribution in [0.25, 0.3) is 0 Å². The maximum Gasteiger partial charge on any atom is 0.416 e. The third kappa shape index (κ3) is 6.68. The van der Waals surface area contributed by atoms with Crippen molar-refractivity contribution in [2.24, 2.45) is 5.16 Å². The first-order valence-electron chi connectivity index (χ1n) is 11.0. The van der Waals surface area contributed by atoms with Gasteiger partial charge in [-0.3, -0.25) is 0 Å². The van der Waals surface area contributed by atoms with Crippen LogP contribution < -0.4 is 4.84 Å². The van der Waals surface area contributed by atoms with Gasteiger partial charge < -0.3 is 14.5 Å². The zero-order chi connectivity index (χ0) is 25.1. The molecule has 0 spiro atoms. The van der Waals surface area contributed by atoms with Gasteiger partial charge in [0.2, 0.25) is 0 Å². The molecule has 1 aromatic heterocycles. The van der Waals surface area contributed by atoms with E-state index < -0.39 is 17.3 Å². The van der Waals surface area contributed by atoms with E-state index in [1.807, 2.05) is 27.7 Å². The van der Waals surface area contributed by atoms with Gasteiger partial charge in [0.25, 0.3) is 0 Å². The first-order valence-corrected chi connectivity index (χ1v) is 11.0. The quantitative estimate of drug-likeness (QED) is 0.420. The van der Waals surface area contributed by atoms with Crippen LogP contribution in [0.3, 0.4) is 0 Å². The van der Waals surface area contributed by atoms with Crippen LogP contribution in [-0.2, 0) is 10.9 Å². The van der Waals surface area contributed by atoms with Crippen molar-refractivity contribution in [3.63, 3.8) is 0 Å². The van der Waals surface area contributed by atoms with Gasteiger partial charge in [0.1, 0.15) is 11.4 Å². The van der Waals surface area contributed by atoms with Gasteiger partial charge in [-0.2, -0.15) is 13.2 Å². The molecule has 2 heterocycles. The molecule has 0 aliphatic carbocycles. The lowest BCUT2D eigenvalue weighted by Crippen LogP contribution is -2.41. The largest absolute Gasteiger partial charge is 0.444 e. The number of carbonyl (C=O) groups excluding carboxylic acids is 1. The minimum Gasteiger partial charge on any atom is -0.444 e. The molecule has 7 nitrogen and oxygen atoms in total. The number of benzene rings is 1. The van der Waals surface area contributed by atoms with Crippen LogP contribution in [0, 0.1) is 13.8 Å². The number of alkyl halides is 3. The molecular weight excluding hydrogens is 449 g/mol. The van der Waals surface area contributed by atoms with E-state index >= 15 is 0 Å². The molecule has 1 fully saturated rings. The van der Waals surface area contributed by atoms with E-state index in [0.29, 0.717) is 43.0 Å². The summed E-state index contributed by atoms with van der Waals surface area (Å²) in [6.07, 6.45) is -2.00. The maximum absolute atomic E-state index is 12.9. The standard InChI is InChI=1S/C24H29F3N4O3/c1-15-20(14-28-34-19-8-6-7-18(13-19)24(25,26)27)21(30-16(2)29-15)17-9-11-31(12-10-17)22(32)33-23(3,4)5/h6-8,13-14,17H,9-12H2,1-5H3. The number of nitrogens with zero attached hydrogens (tertiary/aromatic N) is 4. The number of rotatable bonds is 4. The Labute approximate surface area is 197 Å². The Morgan fingerprint density at radius 3 is 2.44 bits per heavy atom. The van der Waals surface area contributed by atoms with E-state index in [9.17, 15) is 18.0 Å². The highest BCUT2D eigenvalue weighted by Gasteiger charge is 2.31. The number of hydrogen-bond acceptors (Lipinski definition) is 6. The van der Waals surface area contributed by atoms with E-state index in [2.05, 4.69) is 15.1 Å². The highest BCUT2D eigenvalue weighted by molar-refractivity contribution is 5.82. The number of amides is 1. The maximum atomic E-state index is 12.9. The zero-order valence-electron chi connectivity index (χ0n) is 19.9. The molecule has 2 aromatic rings. The van der Waals surface area contributed by atoms with Crippen LogP contribution in [0.1, 0.15) is 67.9 Å². The summed E-state index contributed by atoms with van der Waals surface area (Å²) in [6.45, 7) is 10.2. The molecule has 1 saturated heterocycles. The van der Waals surface area contributed by atoms with Crippen molar-refractivity contribution < 1.29 is 27.5 Å². The van der Waals surface area contributed by atoms with Crippen molar-refractivity contribution in [1.29, 1.82) is 0 Å². The summed E-state index contributed by atoms with van der Waals surface area (Å²) in [7, 11) is 0. The summed E-state index contributed by atoms with van der Waals surface area (Å²) in [5.74, 6) is 0.649. The van der Waals surface area contributed by atoms with Gasteiger partial charge >= 0.3 is 12.3 Å². The fourth-order valence-electron chi connectivity index (χ4n) is 3.75. The average molecular weight is 479 g/mol. The third-order valence-electron chi connectivity index (χ3n) is 5.31. The molecule has 1 aliphatic rings. The third-order valence-corrected chi connectivity index (χ3v) is 5.31. The second kappa shape index (κ2) is 9.99. The highest BCUT2D eigenvalue weighted by Crippen LogP contribution is 2.32.